The zero-order chi connectivity index (χ0) is 20.3. The molecule has 0 spiro atoms. The summed E-state index contributed by atoms with van der Waals surface area (Å²) in [5.41, 5.74) is 6.34. The number of fused-ring (bicyclic) bond motifs is 1. The Hall–Kier alpha value is -2.81. The van der Waals surface area contributed by atoms with Crippen LogP contribution < -0.4 is 5.73 Å². The summed E-state index contributed by atoms with van der Waals surface area (Å²) in [7, 11) is 0. The van der Waals surface area contributed by atoms with Crippen LogP contribution >= 0.6 is 0 Å². The van der Waals surface area contributed by atoms with Crippen molar-refractivity contribution >= 4 is 11.9 Å². The predicted octanol–water partition coefficient (Wildman–Crippen LogP) is 1.64. The number of esters is 1. The number of halogens is 2. The predicted molar refractivity (Wildman–Crippen MR) is 96.3 cm³/mol. The fourth-order valence-corrected chi connectivity index (χ4v) is 3.18. The number of aromatic nitrogens is 2. The van der Waals surface area contributed by atoms with Gasteiger partial charge in [0.1, 0.15) is 17.5 Å². The van der Waals surface area contributed by atoms with Crippen molar-refractivity contribution in [3.05, 3.63) is 53.1 Å². The number of hydrogen-bond acceptors (Lipinski definition) is 5. The zero-order valence-electron chi connectivity index (χ0n) is 15.5. The summed E-state index contributed by atoms with van der Waals surface area (Å²) in [5.74, 6) is -1.20. The van der Waals surface area contributed by atoms with Crippen molar-refractivity contribution in [3.8, 4) is 0 Å². The molecule has 1 aliphatic heterocycles. The fraction of sp³-hybridized carbons (Fsp3) is 0.421. The molecule has 1 aromatic carbocycles. The first-order valence-electron chi connectivity index (χ1n) is 9.07. The maximum absolute atomic E-state index is 13.7. The van der Waals surface area contributed by atoms with Crippen molar-refractivity contribution in [1.29, 1.82) is 0 Å². The number of nitrogens with zero attached hydrogens (tertiary/aromatic N) is 3. The largest absolute Gasteiger partial charge is 0.461 e. The van der Waals surface area contributed by atoms with Gasteiger partial charge in [-0.2, -0.15) is 0 Å². The third kappa shape index (κ3) is 4.53. The Labute approximate surface area is 161 Å². The first-order chi connectivity index (χ1) is 13.4. The van der Waals surface area contributed by atoms with E-state index in [0.717, 1.165) is 18.2 Å². The number of imidazole rings is 1. The van der Waals surface area contributed by atoms with Gasteiger partial charge < -0.3 is 19.9 Å². The van der Waals surface area contributed by atoms with E-state index in [0.29, 0.717) is 18.9 Å². The number of hydrogen-bond donors (Lipinski definition) is 1. The van der Waals surface area contributed by atoms with E-state index < -0.39 is 23.6 Å². The first kappa shape index (κ1) is 19.9. The molecule has 0 saturated carbocycles. The van der Waals surface area contributed by atoms with Crippen LogP contribution in [-0.2, 0) is 29.0 Å². The minimum absolute atomic E-state index is 0.00138. The van der Waals surface area contributed by atoms with E-state index in [1.54, 1.807) is 18.0 Å². The van der Waals surface area contributed by atoms with E-state index in [-0.39, 0.29) is 43.2 Å². The molecule has 2 aromatic rings. The van der Waals surface area contributed by atoms with E-state index in [9.17, 15) is 18.4 Å². The molecule has 0 saturated heterocycles. The quantitative estimate of drug-likeness (QED) is 0.755. The molecule has 150 valence electrons. The van der Waals surface area contributed by atoms with Gasteiger partial charge in [-0.25, -0.2) is 18.6 Å². The average molecular weight is 392 g/mol. The molecule has 1 atom stereocenters. The number of carbonyl (C=O) groups is 2. The van der Waals surface area contributed by atoms with Gasteiger partial charge in [-0.1, -0.05) is 0 Å². The van der Waals surface area contributed by atoms with Crippen LogP contribution in [0, 0.1) is 11.6 Å². The number of benzene rings is 1. The lowest BCUT2D eigenvalue weighted by Crippen LogP contribution is -2.41. The van der Waals surface area contributed by atoms with Crippen LogP contribution in [0.25, 0.3) is 0 Å². The van der Waals surface area contributed by atoms with E-state index >= 15 is 0 Å². The van der Waals surface area contributed by atoms with Crippen molar-refractivity contribution in [2.45, 2.75) is 38.9 Å². The molecule has 1 aliphatic rings. The summed E-state index contributed by atoms with van der Waals surface area (Å²) < 4.78 is 33.8. The summed E-state index contributed by atoms with van der Waals surface area (Å²) in [5, 5.41) is 0. The minimum atomic E-state index is -0.638. The molecule has 9 heteroatoms. The van der Waals surface area contributed by atoms with Crippen LogP contribution in [0.2, 0.25) is 0 Å². The maximum Gasteiger partial charge on any atom is 0.358 e. The van der Waals surface area contributed by atoms with E-state index in [2.05, 4.69) is 4.98 Å². The molecule has 1 unspecified atom stereocenters. The second-order valence-corrected chi connectivity index (χ2v) is 6.68. The average Bonchev–Trinajstić information content (AvgIpc) is 3.08. The van der Waals surface area contributed by atoms with Gasteiger partial charge in [-0.15, -0.1) is 0 Å². The third-order valence-electron chi connectivity index (χ3n) is 4.57. The van der Waals surface area contributed by atoms with Crippen molar-refractivity contribution in [2.24, 2.45) is 5.73 Å². The van der Waals surface area contributed by atoms with Crippen LogP contribution in [0.4, 0.5) is 8.78 Å². The molecule has 7 nitrogen and oxygen atoms in total. The van der Waals surface area contributed by atoms with Crippen LogP contribution in [0.15, 0.2) is 24.4 Å². The van der Waals surface area contributed by atoms with Gasteiger partial charge in [-0.3, -0.25) is 4.79 Å². The lowest BCUT2D eigenvalue weighted by atomic mass is 10.0. The van der Waals surface area contributed by atoms with Gasteiger partial charge in [0, 0.05) is 31.7 Å². The van der Waals surface area contributed by atoms with E-state index in [4.69, 9.17) is 10.5 Å². The molecular weight excluding hydrogens is 370 g/mol. The summed E-state index contributed by atoms with van der Waals surface area (Å²) in [6.45, 7) is 3.18. The molecule has 0 aliphatic carbocycles. The normalized spacial score (nSPS) is 14.5. The molecule has 2 N–H and O–H groups in total. The Morgan fingerprint density at radius 2 is 2.11 bits per heavy atom. The second-order valence-electron chi connectivity index (χ2n) is 6.68. The Morgan fingerprint density at radius 3 is 2.86 bits per heavy atom. The molecule has 3 rings (SSSR count). The molecule has 1 amide bonds. The molecule has 28 heavy (non-hydrogen) atoms. The summed E-state index contributed by atoms with van der Waals surface area (Å²) >= 11 is 0. The highest BCUT2D eigenvalue weighted by Crippen LogP contribution is 2.17. The Kier molecular flexibility index (Phi) is 6.03. The molecule has 0 fully saturated rings. The van der Waals surface area contributed by atoms with Gasteiger partial charge in [0.15, 0.2) is 5.69 Å². The number of amides is 1. The van der Waals surface area contributed by atoms with Crippen molar-refractivity contribution < 1.29 is 23.1 Å². The minimum Gasteiger partial charge on any atom is -0.461 e. The lowest BCUT2D eigenvalue weighted by molar-refractivity contribution is -0.133. The Morgan fingerprint density at radius 1 is 1.32 bits per heavy atom. The monoisotopic (exact) mass is 392 g/mol. The maximum atomic E-state index is 13.7. The topological polar surface area (TPSA) is 90.5 Å². The van der Waals surface area contributed by atoms with Crippen molar-refractivity contribution in [1.82, 2.24) is 14.5 Å². The molecule has 1 aromatic heterocycles. The Bertz CT molecular complexity index is 884. The third-order valence-corrected chi connectivity index (χ3v) is 4.57. The Balaban J connectivity index is 1.60. The highest BCUT2D eigenvalue weighted by atomic mass is 19.1. The van der Waals surface area contributed by atoms with E-state index in [1.807, 2.05) is 4.57 Å². The van der Waals surface area contributed by atoms with Gasteiger partial charge in [0.05, 0.1) is 13.2 Å². The standard InChI is InChI=1S/C19H22F2N4O3/c1-2-28-19(27)16-10-24-5-6-25(11-17(24)23-16)18(26)9-14(22)8-12-7-13(20)3-4-15(12)21/h3-4,7,10,14H,2,5-6,8-9,11,22H2,1H3. The van der Waals surface area contributed by atoms with Crippen LogP contribution in [0.1, 0.15) is 35.2 Å². The number of ether oxygens (including phenoxy) is 1. The zero-order valence-corrected chi connectivity index (χ0v) is 15.5. The van der Waals surface area contributed by atoms with Gasteiger partial charge in [-0.05, 0) is 37.1 Å². The summed E-state index contributed by atoms with van der Waals surface area (Å²) in [4.78, 5) is 30.2. The van der Waals surface area contributed by atoms with Gasteiger partial charge in [0.25, 0.3) is 0 Å². The highest BCUT2D eigenvalue weighted by molar-refractivity contribution is 5.87. The van der Waals surface area contributed by atoms with Gasteiger partial charge >= 0.3 is 5.97 Å². The van der Waals surface area contributed by atoms with Crippen molar-refractivity contribution in [3.63, 3.8) is 0 Å². The van der Waals surface area contributed by atoms with Crippen LogP contribution in [0.5, 0.6) is 0 Å². The number of nitrogens with two attached hydrogens (primary N) is 1. The number of carbonyl (C=O) groups excluding carboxylic acids is 2. The van der Waals surface area contributed by atoms with Crippen LogP contribution in [-0.4, -0.2) is 45.5 Å². The smallest absolute Gasteiger partial charge is 0.358 e. The van der Waals surface area contributed by atoms with E-state index in [1.165, 1.54) is 0 Å². The van der Waals surface area contributed by atoms with Gasteiger partial charge in [0.2, 0.25) is 5.91 Å². The van der Waals surface area contributed by atoms with Crippen molar-refractivity contribution in [2.75, 3.05) is 13.2 Å². The molecular formula is C19H22F2N4O3. The molecule has 0 bridgehead atoms. The molecule has 2 heterocycles. The fourth-order valence-electron chi connectivity index (χ4n) is 3.18. The lowest BCUT2D eigenvalue weighted by Gasteiger charge is -2.28. The number of rotatable bonds is 6. The highest BCUT2D eigenvalue weighted by Gasteiger charge is 2.25. The molecule has 0 radical (unpaired) electrons. The van der Waals surface area contributed by atoms with Crippen LogP contribution in [0.3, 0.4) is 0 Å². The second kappa shape index (κ2) is 8.47. The summed E-state index contributed by atoms with van der Waals surface area (Å²) in [6, 6.07) is 2.54. The summed E-state index contributed by atoms with van der Waals surface area (Å²) in [6.07, 6.45) is 1.68. The SMILES string of the molecule is CCOC(=O)c1cn2c(n1)CN(C(=O)CC(N)Cc1cc(F)ccc1F)CC2. The first-order valence-corrected chi connectivity index (χ1v) is 9.07.